The molecule has 0 spiro atoms. The molecule has 60 valence electrons. The van der Waals surface area contributed by atoms with Crippen molar-refractivity contribution in [1.29, 1.82) is 0 Å². The van der Waals surface area contributed by atoms with Gasteiger partial charge in [0.25, 0.3) is 0 Å². The summed E-state index contributed by atoms with van der Waals surface area (Å²) in [4.78, 5) is 10.7. The number of carboxylic acids is 1. The molecule has 0 aliphatic rings. The van der Waals surface area contributed by atoms with Crippen molar-refractivity contribution >= 4 is 17.5 Å². The normalized spacial score (nSPS) is 10.5. The molecule has 0 saturated carbocycles. The summed E-state index contributed by atoms with van der Waals surface area (Å²) in [6.07, 6.45) is 0. The molecule has 0 fully saturated rings. The lowest BCUT2D eigenvalue weighted by atomic mass is 10.1. The van der Waals surface area contributed by atoms with Crippen LogP contribution in [0.5, 0.6) is 0 Å². The van der Waals surface area contributed by atoms with Gasteiger partial charge in [-0.2, -0.15) is 4.37 Å². The zero-order chi connectivity index (χ0) is 8.43. The van der Waals surface area contributed by atoms with Crippen molar-refractivity contribution in [1.82, 2.24) is 4.37 Å². The lowest BCUT2D eigenvalue weighted by Gasteiger charge is -1.94. The van der Waals surface area contributed by atoms with Gasteiger partial charge in [-0.1, -0.05) is 13.8 Å². The topological polar surface area (TPSA) is 50.2 Å². The summed E-state index contributed by atoms with van der Waals surface area (Å²) in [7, 11) is 0. The summed E-state index contributed by atoms with van der Waals surface area (Å²) >= 11 is 1.04. The minimum Gasteiger partial charge on any atom is -0.477 e. The Bertz CT molecular complexity index is 267. The molecule has 0 amide bonds. The molecular weight excluding hydrogens is 162 g/mol. The van der Waals surface area contributed by atoms with Gasteiger partial charge in [-0.3, -0.25) is 0 Å². The van der Waals surface area contributed by atoms with E-state index in [0.29, 0.717) is 10.8 Å². The lowest BCUT2D eigenvalue weighted by Crippen LogP contribution is -1.91. The molecule has 0 aromatic carbocycles. The van der Waals surface area contributed by atoms with Gasteiger partial charge in [-0.25, -0.2) is 4.79 Å². The Hall–Kier alpha value is -0.900. The van der Waals surface area contributed by atoms with Crippen LogP contribution in [0.3, 0.4) is 0 Å². The molecule has 0 bridgehead atoms. The van der Waals surface area contributed by atoms with Gasteiger partial charge in [0.2, 0.25) is 0 Å². The first-order valence-electron chi connectivity index (χ1n) is 3.31. The number of hydrogen-bond acceptors (Lipinski definition) is 3. The fraction of sp³-hybridized carbons (Fsp3) is 0.429. The van der Waals surface area contributed by atoms with Crippen LogP contribution in [0.25, 0.3) is 0 Å². The van der Waals surface area contributed by atoms with Gasteiger partial charge < -0.3 is 5.11 Å². The zero-order valence-corrected chi connectivity index (χ0v) is 7.18. The molecule has 1 aromatic rings. The van der Waals surface area contributed by atoms with Crippen molar-refractivity contribution in [3.05, 3.63) is 16.6 Å². The van der Waals surface area contributed by atoms with Crippen LogP contribution in [0.1, 0.15) is 35.1 Å². The van der Waals surface area contributed by atoms with E-state index in [4.69, 9.17) is 5.11 Å². The molecule has 1 N–H and O–H groups in total. The van der Waals surface area contributed by atoms with Gasteiger partial charge in [0.1, 0.15) is 4.88 Å². The van der Waals surface area contributed by atoms with Gasteiger partial charge >= 0.3 is 5.97 Å². The van der Waals surface area contributed by atoms with Crippen LogP contribution in [0.2, 0.25) is 0 Å². The molecule has 0 aliphatic carbocycles. The number of nitrogens with zero attached hydrogens (tertiary/aromatic N) is 1. The maximum Gasteiger partial charge on any atom is 0.347 e. The van der Waals surface area contributed by atoms with Gasteiger partial charge in [0, 0.05) is 0 Å². The molecule has 1 heterocycles. The maximum atomic E-state index is 10.4. The summed E-state index contributed by atoms with van der Waals surface area (Å²) in [5.74, 6) is -0.589. The monoisotopic (exact) mass is 171 g/mol. The smallest absolute Gasteiger partial charge is 0.347 e. The van der Waals surface area contributed by atoms with Crippen LogP contribution in [-0.4, -0.2) is 15.4 Å². The van der Waals surface area contributed by atoms with E-state index in [1.807, 2.05) is 13.8 Å². The SMILES string of the molecule is CC(C)c1cc(C(=O)O)sn1. The van der Waals surface area contributed by atoms with Crippen LogP contribution in [0.4, 0.5) is 0 Å². The molecule has 0 radical (unpaired) electrons. The third kappa shape index (κ3) is 1.77. The van der Waals surface area contributed by atoms with Crippen molar-refractivity contribution in [2.75, 3.05) is 0 Å². The Morgan fingerprint density at radius 1 is 1.73 bits per heavy atom. The van der Waals surface area contributed by atoms with Crippen LogP contribution in [0.15, 0.2) is 6.07 Å². The molecular formula is C7H9NO2S. The molecule has 0 unspecified atom stereocenters. The fourth-order valence-corrected chi connectivity index (χ4v) is 1.38. The van der Waals surface area contributed by atoms with E-state index in [1.165, 1.54) is 0 Å². The molecule has 3 nitrogen and oxygen atoms in total. The van der Waals surface area contributed by atoms with Crippen LogP contribution < -0.4 is 0 Å². The van der Waals surface area contributed by atoms with E-state index < -0.39 is 5.97 Å². The highest BCUT2D eigenvalue weighted by molar-refractivity contribution is 7.08. The first-order chi connectivity index (χ1) is 5.11. The van der Waals surface area contributed by atoms with E-state index >= 15 is 0 Å². The number of carbonyl (C=O) groups is 1. The first kappa shape index (κ1) is 8.20. The van der Waals surface area contributed by atoms with Crippen LogP contribution >= 0.6 is 11.5 Å². The molecule has 0 aliphatic heterocycles. The zero-order valence-electron chi connectivity index (χ0n) is 6.37. The third-order valence-electron chi connectivity index (χ3n) is 1.33. The third-order valence-corrected chi connectivity index (χ3v) is 2.12. The molecule has 11 heavy (non-hydrogen) atoms. The molecule has 1 aromatic heterocycles. The van der Waals surface area contributed by atoms with Crippen LogP contribution in [-0.2, 0) is 0 Å². The van der Waals surface area contributed by atoms with E-state index in [9.17, 15) is 4.79 Å². The van der Waals surface area contributed by atoms with Gasteiger partial charge in [0.05, 0.1) is 5.69 Å². The summed E-state index contributed by atoms with van der Waals surface area (Å²) in [6, 6.07) is 1.62. The Labute approximate surface area is 68.8 Å². The van der Waals surface area contributed by atoms with E-state index in [1.54, 1.807) is 6.07 Å². The second-order valence-electron chi connectivity index (χ2n) is 2.58. The van der Waals surface area contributed by atoms with Gasteiger partial charge in [-0.05, 0) is 23.5 Å². The molecule has 0 atom stereocenters. The number of rotatable bonds is 2. The second-order valence-corrected chi connectivity index (χ2v) is 3.38. The Kier molecular flexibility index (Phi) is 2.24. The second kappa shape index (κ2) is 3.00. The number of carboxylic acid groups (broad SMARTS) is 1. The predicted octanol–water partition coefficient (Wildman–Crippen LogP) is 1.96. The fourth-order valence-electron chi connectivity index (χ4n) is 0.662. The van der Waals surface area contributed by atoms with E-state index in [0.717, 1.165) is 17.2 Å². The average Bonchev–Trinajstić information content (AvgIpc) is 2.33. The average molecular weight is 171 g/mol. The van der Waals surface area contributed by atoms with Gasteiger partial charge in [-0.15, -0.1) is 0 Å². The maximum absolute atomic E-state index is 10.4. The standard InChI is InChI=1S/C7H9NO2S/c1-4(2)5-3-6(7(9)10)11-8-5/h3-4H,1-2H3,(H,9,10). The van der Waals surface area contributed by atoms with Crippen molar-refractivity contribution in [3.63, 3.8) is 0 Å². The van der Waals surface area contributed by atoms with Crippen LogP contribution in [0, 0.1) is 0 Å². The lowest BCUT2D eigenvalue weighted by molar-refractivity contribution is 0.0702. The van der Waals surface area contributed by atoms with Gasteiger partial charge in [0.15, 0.2) is 0 Å². The minimum absolute atomic E-state index is 0.305. The first-order valence-corrected chi connectivity index (χ1v) is 4.08. The summed E-state index contributed by atoms with van der Waals surface area (Å²) in [6.45, 7) is 3.97. The Morgan fingerprint density at radius 2 is 2.36 bits per heavy atom. The summed E-state index contributed by atoms with van der Waals surface area (Å²) in [5, 5.41) is 8.55. The van der Waals surface area contributed by atoms with E-state index in [-0.39, 0.29) is 0 Å². The van der Waals surface area contributed by atoms with Crippen molar-refractivity contribution in [2.45, 2.75) is 19.8 Å². The van der Waals surface area contributed by atoms with Crippen molar-refractivity contribution in [3.8, 4) is 0 Å². The minimum atomic E-state index is -0.894. The largest absolute Gasteiger partial charge is 0.477 e. The molecule has 1 rings (SSSR count). The highest BCUT2D eigenvalue weighted by Crippen LogP contribution is 2.17. The quantitative estimate of drug-likeness (QED) is 0.740. The van der Waals surface area contributed by atoms with E-state index in [2.05, 4.69) is 4.37 Å². The summed E-state index contributed by atoms with van der Waals surface area (Å²) < 4.78 is 4.00. The predicted molar refractivity (Wildman–Crippen MR) is 43.2 cm³/mol. The Balaban J connectivity index is 2.90. The van der Waals surface area contributed by atoms with Crippen molar-refractivity contribution in [2.24, 2.45) is 0 Å². The number of hydrogen-bond donors (Lipinski definition) is 1. The Morgan fingerprint density at radius 3 is 2.64 bits per heavy atom. The van der Waals surface area contributed by atoms with Crippen molar-refractivity contribution < 1.29 is 9.90 Å². The summed E-state index contributed by atoms with van der Waals surface area (Å²) in [5.41, 5.74) is 0.854. The highest BCUT2D eigenvalue weighted by Gasteiger charge is 2.09. The molecule has 4 heteroatoms. The highest BCUT2D eigenvalue weighted by atomic mass is 32.1. The molecule has 0 saturated heterocycles. The number of aromatic nitrogens is 1. The number of aromatic carboxylic acids is 1.